The van der Waals surface area contributed by atoms with E-state index >= 15 is 0 Å². The summed E-state index contributed by atoms with van der Waals surface area (Å²) in [5.41, 5.74) is 4.17. The van der Waals surface area contributed by atoms with Gasteiger partial charge in [0.05, 0.1) is 5.69 Å². The number of carbonyl (C=O) groups is 1. The molecular weight excluding hydrogens is 358 g/mol. The second-order valence-corrected chi connectivity index (χ2v) is 6.63. The van der Waals surface area contributed by atoms with Gasteiger partial charge in [-0.05, 0) is 61.5 Å². The zero-order chi connectivity index (χ0) is 19.6. The SMILES string of the molecule is Cc1ccc(N2C(=O)/C(=C\c3ccccc3OCC#N)N(C)C2=S)cc1C. The summed E-state index contributed by atoms with van der Waals surface area (Å²) in [6.45, 7) is 3.97. The number of likely N-dealkylation sites (N-methyl/N-ethyl adjacent to an activating group) is 1. The van der Waals surface area contributed by atoms with E-state index in [4.69, 9.17) is 22.2 Å². The first-order valence-corrected chi connectivity index (χ1v) is 8.84. The van der Waals surface area contributed by atoms with Crippen LogP contribution in [0.15, 0.2) is 48.2 Å². The van der Waals surface area contributed by atoms with E-state index in [1.165, 1.54) is 4.90 Å². The second kappa shape index (κ2) is 7.60. The average molecular weight is 377 g/mol. The van der Waals surface area contributed by atoms with Gasteiger partial charge in [0.25, 0.3) is 5.91 Å². The molecule has 0 bridgehead atoms. The second-order valence-electron chi connectivity index (χ2n) is 6.26. The first-order valence-electron chi connectivity index (χ1n) is 8.44. The van der Waals surface area contributed by atoms with Gasteiger partial charge in [0.2, 0.25) is 0 Å². The van der Waals surface area contributed by atoms with Gasteiger partial charge in [-0.3, -0.25) is 9.69 Å². The Morgan fingerprint density at radius 3 is 2.63 bits per heavy atom. The number of para-hydroxylation sites is 1. The molecule has 27 heavy (non-hydrogen) atoms. The van der Waals surface area contributed by atoms with Crippen LogP contribution >= 0.6 is 12.2 Å². The number of aryl methyl sites for hydroxylation is 2. The fraction of sp³-hybridized carbons (Fsp3) is 0.190. The molecule has 1 aliphatic heterocycles. The molecule has 0 aliphatic carbocycles. The lowest BCUT2D eigenvalue weighted by molar-refractivity contribution is -0.114. The predicted octanol–water partition coefficient (Wildman–Crippen LogP) is 3.81. The number of hydrogen-bond acceptors (Lipinski definition) is 4. The van der Waals surface area contributed by atoms with Crippen molar-refractivity contribution in [2.75, 3.05) is 18.6 Å². The molecule has 0 N–H and O–H groups in total. The number of anilines is 1. The van der Waals surface area contributed by atoms with Crippen molar-refractivity contribution in [3.05, 3.63) is 64.9 Å². The Labute approximate surface area is 164 Å². The summed E-state index contributed by atoms with van der Waals surface area (Å²) in [5, 5.41) is 9.17. The lowest BCUT2D eigenvalue weighted by Crippen LogP contribution is -2.31. The van der Waals surface area contributed by atoms with Crippen LogP contribution in [0, 0.1) is 25.2 Å². The van der Waals surface area contributed by atoms with E-state index in [2.05, 4.69) is 0 Å². The Kier molecular flexibility index (Phi) is 5.24. The maximum atomic E-state index is 13.1. The molecule has 0 atom stereocenters. The van der Waals surface area contributed by atoms with E-state index in [-0.39, 0.29) is 12.5 Å². The van der Waals surface area contributed by atoms with Crippen molar-refractivity contribution < 1.29 is 9.53 Å². The van der Waals surface area contributed by atoms with Crippen molar-refractivity contribution in [3.8, 4) is 11.8 Å². The van der Waals surface area contributed by atoms with Crippen LogP contribution in [0.4, 0.5) is 5.69 Å². The molecule has 0 unspecified atom stereocenters. The minimum atomic E-state index is -0.194. The molecule has 1 amide bonds. The minimum Gasteiger partial charge on any atom is -0.478 e. The number of nitriles is 1. The fourth-order valence-corrected chi connectivity index (χ4v) is 3.12. The monoisotopic (exact) mass is 377 g/mol. The summed E-state index contributed by atoms with van der Waals surface area (Å²) < 4.78 is 5.45. The summed E-state index contributed by atoms with van der Waals surface area (Å²) in [4.78, 5) is 16.3. The quantitative estimate of drug-likeness (QED) is 0.599. The molecule has 1 heterocycles. The highest BCUT2D eigenvalue weighted by Gasteiger charge is 2.37. The van der Waals surface area contributed by atoms with Gasteiger partial charge in [-0.15, -0.1) is 0 Å². The number of ether oxygens (including phenoxy) is 1. The highest BCUT2D eigenvalue weighted by atomic mass is 32.1. The lowest BCUT2D eigenvalue weighted by Gasteiger charge is -2.17. The van der Waals surface area contributed by atoms with Crippen LogP contribution in [-0.2, 0) is 4.79 Å². The molecule has 2 aromatic carbocycles. The van der Waals surface area contributed by atoms with Gasteiger partial charge in [0, 0.05) is 12.6 Å². The van der Waals surface area contributed by atoms with Crippen LogP contribution < -0.4 is 9.64 Å². The van der Waals surface area contributed by atoms with Crippen LogP contribution in [0.2, 0.25) is 0 Å². The van der Waals surface area contributed by atoms with Crippen LogP contribution in [0.5, 0.6) is 5.75 Å². The molecule has 6 heteroatoms. The normalized spacial score (nSPS) is 15.4. The van der Waals surface area contributed by atoms with Crippen molar-refractivity contribution in [1.29, 1.82) is 5.26 Å². The first-order chi connectivity index (χ1) is 12.9. The van der Waals surface area contributed by atoms with E-state index in [1.807, 2.05) is 56.3 Å². The molecule has 1 aliphatic rings. The summed E-state index contributed by atoms with van der Waals surface area (Å²) in [6, 6.07) is 15.1. The molecule has 0 saturated carbocycles. The minimum absolute atomic E-state index is 0.0584. The Morgan fingerprint density at radius 2 is 1.93 bits per heavy atom. The number of rotatable bonds is 4. The summed E-state index contributed by atoms with van der Waals surface area (Å²) in [7, 11) is 1.77. The van der Waals surface area contributed by atoms with E-state index in [0.717, 1.165) is 16.8 Å². The number of amides is 1. The lowest BCUT2D eigenvalue weighted by atomic mass is 10.1. The zero-order valence-electron chi connectivity index (χ0n) is 15.4. The topological polar surface area (TPSA) is 56.6 Å². The smallest absolute Gasteiger partial charge is 0.281 e. The van der Waals surface area contributed by atoms with Gasteiger partial charge in [0.1, 0.15) is 17.5 Å². The van der Waals surface area contributed by atoms with Crippen molar-refractivity contribution in [1.82, 2.24) is 4.90 Å². The molecule has 1 fully saturated rings. The summed E-state index contributed by atoms with van der Waals surface area (Å²) in [6.07, 6.45) is 1.74. The van der Waals surface area contributed by atoms with Crippen molar-refractivity contribution in [2.45, 2.75) is 13.8 Å². The average Bonchev–Trinajstić information content (AvgIpc) is 2.87. The fourth-order valence-electron chi connectivity index (χ4n) is 2.84. The summed E-state index contributed by atoms with van der Waals surface area (Å²) >= 11 is 5.51. The third-order valence-corrected chi connectivity index (χ3v) is 4.97. The van der Waals surface area contributed by atoms with E-state index in [1.54, 1.807) is 24.1 Å². The zero-order valence-corrected chi connectivity index (χ0v) is 16.2. The van der Waals surface area contributed by atoms with Gasteiger partial charge < -0.3 is 9.64 Å². The number of thiocarbonyl (C=S) groups is 1. The molecule has 1 saturated heterocycles. The van der Waals surface area contributed by atoms with Crippen molar-refractivity contribution in [2.24, 2.45) is 0 Å². The molecular formula is C21H19N3O2S. The maximum absolute atomic E-state index is 13.1. The Balaban J connectivity index is 2.00. The van der Waals surface area contributed by atoms with Crippen LogP contribution in [0.3, 0.4) is 0 Å². The van der Waals surface area contributed by atoms with Gasteiger partial charge in [-0.1, -0.05) is 24.3 Å². The molecule has 0 radical (unpaired) electrons. The number of benzene rings is 2. The number of hydrogen-bond donors (Lipinski definition) is 0. The highest BCUT2D eigenvalue weighted by Crippen LogP contribution is 2.30. The van der Waals surface area contributed by atoms with E-state index in [9.17, 15) is 4.79 Å². The van der Waals surface area contributed by atoms with E-state index < -0.39 is 0 Å². The Bertz CT molecular complexity index is 991. The van der Waals surface area contributed by atoms with Crippen molar-refractivity contribution >= 4 is 35.0 Å². The highest BCUT2D eigenvalue weighted by molar-refractivity contribution is 7.80. The van der Waals surface area contributed by atoms with Crippen LogP contribution in [0.1, 0.15) is 16.7 Å². The molecule has 0 spiro atoms. The number of nitrogens with zero attached hydrogens (tertiary/aromatic N) is 3. The van der Waals surface area contributed by atoms with Gasteiger partial charge in [-0.2, -0.15) is 5.26 Å². The first kappa shape index (κ1) is 18.6. The number of carbonyl (C=O) groups excluding carboxylic acids is 1. The largest absolute Gasteiger partial charge is 0.478 e. The third kappa shape index (κ3) is 3.55. The molecule has 3 rings (SSSR count). The van der Waals surface area contributed by atoms with Gasteiger partial charge in [-0.25, -0.2) is 0 Å². The van der Waals surface area contributed by atoms with Gasteiger partial charge >= 0.3 is 0 Å². The Hall–Kier alpha value is -3.17. The van der Waals surface area contributed by atoms with E-state index in [0.29, 0.717) is 22.1 Å². The molecule has 2 aromatic rings. The van der Waals surface area contributed by atoms with Crippen molar-refractivity contribution in [3.63, 3.8) is 0 Å². The summed E-state index contributed by atoms with van der Waals surface area (Å²) in [5.74, 6) is 0.351. The maximum Gasteiger partial charge on any atom is 0.281 e. The molecule has 136 valence electrons. The predicted molar refractivity (Wildman–Crippen MR) is 109 cm³/mol. The van der Waals surface area contributed by atoms with Crippen LogP contribution in [0.25, 0.3) is 6.08 Å². The van der Waals surface area contributed by atoms with Crippen LogP contribution in [-0.4, -0.2) is 29.6 Å². The standard InChI is InChI=1S/C21H19N3O2S/c1-14-8-9-17(12-15(14)2)24-20(25)18(23(3)21(24)27)13-16-6-4-5-7-19(16)26-11-10-22/h4-9,12-13H,11H2,1-3H3/b18-13+. The Morgan fingerprint density at radius 1 is 1.19 bits per heavy atom. The van der Waals surface area contributed by atoms with Gasteiger partial charge in [0.15, 0.2) is 11.7 Å². The molecule has 0 aromatic heterocycles. The molecule has 5 nitrogen and oxygen atoms in total. The third-order valence-electron chi connectivity index (χ3n) is 4.51.